The predicted octanol–water partition coefficient (Wildman–Crippen LogP) is 3.63. The zero-order valence-corrected chi connectivity index (χ0v) is 16.9. The maximum absolute atomic E-state index is 12.8. The summed E-state index contributed by atoms with van der Waals surface area (Å²) in [5, 5.41) is 2.99. The van der Waals surface area contributed by atoms with Crippen LogP contribution in [0.5, 0.6) is 0 Å². The summed E-state index contributed by atoms with van der Waals surface area (Å²) < 4.78 is 0. The number of likely N-dealkylation sites (N-methyl/N-ethyl adjacent to an activating group) is 1. The number of rotatable bonds is 5. The first-order chi connectivity index (χ1) is 13.1. The van der Waals surface area contributed by atoms with E-state index in [4.69, 9.17) is 5.73 Å². The van der Waals surface area contributed by atoms with Gasteiger partial charge in [-0.25, -0.2) is 4.98 Å². The molecule has 0 atom stereocenters. The van der Waals surface area contributed by atoms with Crippen LogP contribution in [0, 0.1) is 0 Å². The lowest BCUT2D eigenvalue weighted by Gasteiger charge is -2.32. The van der Waals surface area contributed by atoms with Gasteiger partial charge in [0.15, 0.2) is 10.9 Å². The number of carbonyl (C=O) groups is 1. The third-order valence-electron chi connectivity index (χ3n) is 4.84. The maximum Gasteiger partial charge on any atom is 0.186 e. The van der Waals surface area contributed by atoms with E-state index in [1.165, 1.54) is 16.2 Å². The van der Waals surface area contributed by atoms with Gasteiger partial charge in [-0.2, -0.15) is 0 Å². The molecule has 1 aliphatic rings. The van der Waals surface area contributed by atoms with Gasteiger partial charge in [0.2, 0.25) is 0 Å². The molecule has 0 aliphatic carbocycles. The number of ketones is 1. The molecule has 0 spiro atoms. The van der Waals surface area contributed by atoms with Gasteiger partial charge in [0.1, 0.15) is 0 Å². The van der Waals surface area contributed by atoms with Crippen molar-refractivity contribution in [2.24, 2.45) is 0 Å². The summed E-state index contributed by atoms with van der Waals surface area (Å²) in [4.78, 5) is 23.7. The normalized spacial score (nSPS) is 15.2. The molecule has 0 radical (unpaired) electrons. The van der Waals surface area contributed by atoms with Crippen LogP contribution in [0.3, 0.4) is 0 Å². The van der Waals surface area contributed by atoms with Gasteiger partial charge in [0, 0.05) is 43.2 Å². The van der Waals surface area contributed by atoms with Gasteiger partial charge in [0.25, 0.3) is 0 Å². The molecule has 1 fully saturated rings. The highest BCUT2D eigenvalue weighted by atomic mass is 32.1. The Morgan fingerprint density at radius 2 is 2.04 bits per heavy atom. The summed E-state index contributed by atoms with van der Waals surface area (Å²) in [5.74, 6) is 0.0721. The van der Waals surface area contributed by atoms with E-state index in [0.29, 0.717) is 17.0 Å². The van der Waals surface area contributed by atoms with Crippen LogP contribution in [-0.4, -0.2) is 48.9 Å². The molecule has 0 saturated carbocycles. The minimum absolute atomic E-state index is 0.0721. The number of anilines is 2. The molecule has 0 unspecified atom stereocenters. The van der Waals surface area contributed by atoms with Crippen LogP contribution in [0.1, 0.15) is 15.2 Å². The number of aromatic nitrogens is 1. The third-order valence-corrected chi connectivity index (χ3v) is 6.86. The molecule has 0 bridgehead atoms. The number of piperazine rings is 1. The molecule has 1 aliphatic heterocycles. The molecule has 2 N–H and O–H groups in total. The molecule has 1 saturated heterocycles. The number of nitrogen functional groups attached to an aromatic ring is 1. The monoisotopic (exact) mass is 398 g/mol. The van der Waals surface area contributed by atoms with Crippen molar-refractivity contribution < 1.29 is 4.79 Å². The zero-order valence-electron chi connectivity index (χ0n) is 15.2. The van der Waals surface area contributed by atoms with Crippen molar-refractivity contribution in [3.05, 3.63) is 52.3 Å². The van der Waals surface area contributed by atoms with Crippen LogP contribution in [0.25, 0.3) is 10.4 Å². The molecule has 3 heterocycles. The largest absolute Gasteiger partial charge is 0.398 e. The van der Waals surface area contributed by atoms with Gasteiger partial charge in [-0.1, -0.05) is 23.5 Å². The molecule has 5 nitrogen and oxygen atoms in total. The van der Waals surface area contributed by atoms with E-state index in [0.717, 1.165) is 42.4 Å². The Kier molecular flexibility index (Phi) is 5.24. The van der Waals surface area contributed by atoms with Crippen LogP contribution >= 0.6 is 22.7 Å². The topological polar surface area (TPSA) is 62.5 Å². The van der Waals surface area contributed by atoms with Gasteiger partial charge in [-0.05, 0) is 41.8 Å². The van der Waals surface area contributed by atoms with Crippen LogP contribution in [0.4, 0.5) is 10.8 Å². The number of hydrogen-bond acceptors (Lipinski definition) is 7. The summed E-state index contributed by atoms with van der Waals surface area (Å²) in [7, 11) is 2.13. The SMILES string of the molecule is CN1CCN(c2ncc(C(=O)Cc3cc(-c4cccs4)ccc3N)s2)CC1. The molecule has 2 aromatic heterocycles. The number of thiophene rings is 1. The van der Waals surface area contributed by atoms with Crippen molar-refractivity contribution in [2.45, 2.75) is 6.42 Å². The smallest absolute Gasteiger partial charge is 0.186 e. The third kappa shape index (κ3) is 4.05. The first-order valence-electron chi connectivity index (χ1n) is 8.95. The van der Waals surface area contributed by atoms with Crippen LogP contribution in [0.15, 0.2) is 41.9 Å². The van der Waals surface area contributed by atoms with Crippen LogP contribution in [-0.2, 0) is 6.42 Å². The van der Waals surface area contributed by atoms with E-state index >= 15 is 0 Å². The van der Waals surface area contributed by atoms with Crippen molar-refractivity contribution in [1.82, 2.24) is 9.88 Å². The Bertz CT molecular complexity index is 927. The molecule has 140 valence electrons. The Labute approximate surface area is 167 Å². The standard InChI is InChI=1S/C20H22N4OS2/c1-23-6-8-24(9-7-23)20-22-13-19(27-20)17(25)12-15-11-14(4-5-16(15)21)18-3-2-10-26-18/h2-5,10-11,13H,6-9,12,21H2,1H3. The highest BCUT2D eigenvalue weighted by Crippen LogP contribution is 2.29. The van der Waals surface area contributed by atoms with Crippen molar-refractivity contribution in [3.8, 4) is 10.4 Å². The van der Waals surface area contributed by atoms with E-state index in [9.17, 15) is 4.79 Å². The average Bonchev–Trinajstić information content (AvgIpc) is 3.36. The fourth-order valence-corrected chi connectivity index (χ4v) is 4.78. The number of Topliss-reactive ketones (excluding diaryl/α,β-unsaturated/α-hetero) is 1. The van der Waals surface area contributed by atoms with Gasteiger partial charge in [-0.3, -0.25) is 4.79 Å². The van der Waals surface area contributed by atoms with Gasteiger partial charge >= 0.3 is 0 Å². The summed E-state index contributed by atoms with van der Waals surface area (Å²) in [6.07, 6.45) is 2.01. The minimum atomic E-state index is 0.0721. The highest BCUT2D eigenvalue weighted by Gasteiger charge is 2.19. The number of hydrogen-bond donors (Lipinski definition) is 1. The van der Waals surface area contributed by atoms with Crippen molar-refractivity contribution in [2.75, 3.05) is 43.9 Å². The number of nitrogens with two attached hydrogens (primary N) is 1. The predicted molar refractivity (Wildman–Crippen MR) is 114 cm³/mol. The quantitative estimate of drug-likeness (QED) is 0.525. The van der Waals surface area contributed by atoms with E-state index < -0.39 is 0 Å². The highest BCUT2D eigenvalue weighted by molar-refractivity contribution is 7.17. The summed E-state index contributed by atoms with van der Waals surface area (Å²) in [5.41, 5.74) is 8.77. The summed E-state index contributed by atoms with van der Waals surface area (Å²) in [6, 6.07) is 10.0. The van der Waals surface area contributed by atoms with Gasteiger partial charge in [0.05, 0.1) is 11.1 Å². The molecule has 7 heteroatoms. The van der Waals surface area contributed by atoms with Crippen LogP contribution in [0.2, 0.25) is 0 Å². The average molecular weight is 399 g/mol. The lowest BCUT2D eigenvalue weighted by atomic mass is 10.0. The van der Waals surface area contributed by atoms with Crippen molar-refractivity contribution in [3.63, 3.8) is 0 Å². The number of benzene rings is 1. The first-order valence-corrected chi connectivity index (χ1v) is 10.6. The lowest BCUT2D eigenvalue weighted by Crippen LogP contribution is -2.44. The number of nitrogens with zero attached hydrogens (tertiary/aromatic N) is 3. The Morgan fingerprint density at radius 3 is 2.78 bits per heavy atom. The van der Waals surface area contributed by atoms with E-state index in [2.05, 4.69) is 27.9 Å². The van der Waals surface area contributed by atoms with Gasteiger partial charge < -0.3 is 15.5 Å². The fourth-order valence-electron chi connectivity index (χ4n) is 3.15. The second kappa shape index (κ2) is 7.80. The molecule has 27 heavy (non-hydrogen) atoms. The Balaban J connectivity index is 1.49. The van der Waals surface area contributed by atoms with Crippen LogP contribution < -0.4 is 10.6 Å². The molecule has 0 amide bonds. The second-order valence-electron chi connectivity index (χ2n) is 6.79. The number of carbonyl (C=O) groups excluding carboxylic acids is 1. The molecule has 3 aromatic rings. The minimum Gasteiger partial charge on any atom is -0.398 e. The zero-order chi connectivity index (χ0) is 18.8. The van der Waals surface area contributed by atoms with E-state index in [1.807, 2.05) is 29.6 Å². The molecule has 1 aromatic carbocycles. The van der Waals surface area contributed by atoms with E-state index in [1.54, 1.807) is 17.5 Å². The molecular weight excluding hydrogens is 376 g/mol. The second-order valence-corrected chi connectivity index (χ2v) is 8.75. The molecular formula is C20H22N4OS2. The van der Waals surface area contributed by atoms with Gasteiger partial charge in [-0.15, -0.1) is 11.3 Å². The summed E-state index contributed by atoms with van der Waals surface area (Å²) >= 11 is 3.17. The Hall–Kier alpha value is -2.22. The van der Waals surface area contributed by atoms with E-state index in [-0.39, 0.29) is 5.78 Å². The lowest BCUT2D eigenvalue weighted by molar-refractivity contribution is 0.0997. The number of thiazole rings is 1. The fraction of sp³-hybridized carbons (Fsp3) is 0.300. The Morgan fingerprint density at radius 1 is 1.22 bits per heavy atom. The first kappa shape index (κ1) is 18.2. The van der Waals surface area contributed by atoms with Crippen molar-refractivity contribution >= 4 is 39.3 Å². The summed E-state index contributed by atoms with van der Waals surface area (Å²) in [6.45, 7) is 3.95. The van der Waals surface area contributed by atoms with Crippen molar-refractivity contribution in [1.29, 1.82) is 0 Å². The molecule has 4 rings (SSSR count). The maximum atomic E-state index is 12.8.